The van der Waals surface area contributed by atoms with Crippen molar-refractivity contribution in [2.45, 2.75) is 64.1 Å². The molecule has 0 saturated heterocycles. The second kappa shape index (κ2) is 16.3. The van der Waals surface area contributed by atoms with Crippen molar-refractivity contribution < 1.29 is 23.9 Å². The molecule has 0 aliphatic heterocycles. The number of fused-ring (bicyclic) bond motifs is 3. The number of carbonyl (C=O) groups is 4. The summed E-state index contributed by atoms with van der Waals surface area (Å²) in [7, 11) is 0. The predicted molar refractivity (Wildman–Crippen MR) is 179 cm³/mol. The maximum atomic E-state index is 13.5. The van der Waals surface area contributed by atoms with Crippen LogP contribution in [0.5, 0.6) is 0 Å². The maximum Gasteiger partial charge on any atom is 0.407 e. The van der Waals surface area contributed by atoms with Crippen LogP contribution in [0.1, 0.15) is 56.2 Å². The lowest BCUT2D eigenvalue weighted by molar-refractivity contribution is -0.132. The summed E-state index contributed by atoms with van der Waals surface area (Å²) in [4.78, 5) is 52.5. The van der Waals surface area contributed by atoms with E-state index in [2.05, 4.69) is 28.1 Å². The largest absolute Gasteiger partial charge is 0.449 e. The molecule has 0 saturated carbocycles. The number of Topliss-reactive ketones (excluding diaryl/α,β-unsaturated/α-hetero) is 1. The topological polar surface area (TPSA) is 114 Å². The number of hydrogen-bond donors (Lipinski definition) is 3. The van der Waals surface area contributed by atoms with Crippen molar-refractivity contribution in [2.75, 3.05) is 18.6 Å². The molecule has 45 heavy (non-hydrogen) atoms. The molecule has 3 N–H and O–H groups in total. The van der Waals surface area contributed by atoms with Gasteiger partial charge < -0.3 is 20.7 Å². The van der Waals surface area contributed by atoms with Gasteiger partial charge in [0.15, 0.2) is 5.78 Å². The van der Waals surface area contributed by atoms with Crippen molar-refractivity contribution >= 4 is 35.5 Å². The SMILES string of the molecule is CSCC[C@H](NC(=O)OCC1c2ccccc2-c2ccccc21)C(=O)N[C@@H](CC(C)C)C(=O)N[C@@H](Cc1ccccc1)C(C)=O. The number of carbonyl (C=O) groups excluding carboxylic acids is 4. The van der Waals surface area contributed by atoms with Crippen LogP contribution in [-0.4, -0.2) is 60.4 Å². The van der Waals surface area contributed by atoms with Gasteiger partial charge in [-0.15, -0.1) is 0 Å². The highest BCUT2D eigenvalue weighted by Crippen LogP contribution is 2.44. The Bertz CT molecular complexity index is 1430. The minimum atomic E-state index is -0.900. The van der Waals surface area contributed by atoms with Gasteiger partial charge in [-0.2, -0.15) is 11.8 Å². The minimum absolute atomic E-state index is 0.0886. The first-order chi connectivity index (χ1) is 21.7. The summed E-state index contributed by atoms with van der Waals surface area (Å²) in [6, 6.07) is 23.1. The zero-order valence-corrected chi connectivity index (χ0v) is 27.2. The van der Waals surface area contributed by atoms with E-state index in [0.717, 1.165) is 27.8 Å². The molecule has 1 aliphatic rings. The molecule has 3 atom stereocenters. The summed E-state index contributed by atoms with van der Waals surface area (Å²) in [6.07, 6.45) is 2.31. The van der Waals surface area contributed by atoms with E-state index >= 15 is 0 Å². The zero-order chi connectivity index (χ0) is 32.3. The van der Waals surface area contributed by atoms with Gasteiger partial charge in [0.1, 0.15) is 18.7 Å². The van der Waals surface area contributed by atoms with E-state index in [9.17, 15) is 19.2 Å². The number of benzene rings is 3. The summed E-state index contributed by atoms with van der Waals surface area (Å²) in [6.45, 7) is 5.49. The van der Waals surface area contributed by atoms with Gasteiger partial charge >= 0.3 is 6.09 Å². The fourth-order valence-corrected chi connectivity index (χ4v) is 6.15. The fraction of sp³-hybridized carbons (Fsp3) is 0.389. The van der Waals surface area contributed by atoms with Crippen LogP contribution < -0.4 is 16.0 Å². The van der Waals surface area contributed by atoms with Crippen molar-refractivity contribution in [3.63, 3.8) is 0 Å². The number of amides is 3. The standard InChI is InChI=1S/C36H43N3O5S/c1-23(2)20-33(35(42)37-32(24(3)40)21-25-12-6-5-7-13-25)38-34(41)31(18-19-45-4)39-36(43)44-22-30-28-16-10-8-14-26(28)27-15-9-11-17-29(27)30/h5-17,23,30-33H,18-22H2,1-4H3,(H,37,42)(H,38,41)(H,39,43)/t31-,32-,33-/m0/s1. The average Bonchev–Trinajstić information content (AvgIpc) is 3.35. The molecule has 0 bridgehead atoms. The number of ether oxygens (including phenoxy) is 1. The van der Waals surface area contributed by atoms with Crippen LogP contribution in [0.2, 0.25) is 0 Å². The smallest absolute Gasteiger partial charge is 0.407 e. The molecule has 0 unspecified atom stereocenters. The van der Waals surface area contributed by atoms with E-state index < -0.39 is 36.0 Å². The summed E-state index contributed by atoms with van der Waals surface area (Å²) in [5.74, 6) is -0.474. The number of hydrogen-bond acceptors (Lipinski definition) is 6. The second-order valence-corrected chi connectivity index (χ2v) is 12.8. The van der Waals surface area contributed by atoms with Crippen molar-refractivity contribution in [2.24, 2.45) is 5.92 Å². The highest BCUT2D eigenvalue weighted by atomic mass is 32.2. The molecule has 3 aromatic carbocycles. The van der Waals surface area contributed by atoms with E-state index in [-0.39, 0.29) is 24.2 Å². The van der Waals surface area contributed by atoms with Gasteiger partial charge in [-0.1, -0.05) is 92.7 Å². The number of nitrogens with one attached hydrogen (secondary N) is 3. The van der Waals surface area contributed by atoms with E-state index in [1.54, 1.807) is 11.8 Å². The number of thioether (sulfide) groups is 1. The molecule has 0 spiro atoms. The first-order valence-corrected chi connectivity index (χ1v) is 16.8. The third kappa shape index (κ3) is 9.20. The summed E-state index contributed by atoms with van der Waals surface area (Å²) in [5, 5.41) is 8.44. The summed E-state index contributed by atoms with van der Waals surface area (Å²) in [5.41, 5.74) is 5.38. The van der Waals surface area contributed by atoms with E-state index in [4.69, 9.17) is 4.74 Å². The Balaban J connectivity index is 1.41. The van der Waals surface area contributed by atoms with Gasteiger partial charge in [-0.3, -0.25) is 14.4 Å². The van der Waals surface area contributed by atoms with Gasteiger partial charge in [0.2, 0.25) is 11.8 Å². The Kier molecular flexibility index (Phi) is 12.2. The number of alkyl carbamates (subject to hydrolysis) is 1. The van der Waals surface area contributed by atoms with Crippen LogP contribution >= 0.6 is 11.8 Å². The normalized spacial score (nSPS) is 14.1. The molecule has 0 aromatic heterocycles. The predicted octanol–water partition coefficient (Wildman–Crippen LogP) is 5.49. The van der Waals surface area contributed by atoms with Gasteiger partial charge in [-0.25, -0.2) is 4.79 Å². The van der Waals surface area contributed by atoms with Gasteiger partial charge in [-0.05, 0) is 71.9 Å². The molecule has 0 fully saturated rings. The zero-order valence-electron chi connectivity index (χ0n) is 26.4. The molecule has 1 aliphatic carbocycles. The first kappa shape index (κ1) is 33.8. The third-order valence-electron chi connectivity index (χ3n) is 7.99. The van der Waals surface area contributed by atoms with Crippen LogP contribution in [-0.2, 0) is 25.5 Å². The molecule has 3 aromatic rings. The Hall–Kier alpha value is -4.11. The molecular formula is C36H43N3O5S. The van der Waals surface area contributed by atoms with Crippen molar-refractivity contribution in [1.82, 2.24) is 16.0 Å². The fourth-order valence-electron chi connectivity index (χ4n) is 5.68. The lowest BCUT2D eigenvalue weighted by Crippen LogP contribution is -2.56. The van der Waals surface area contributed by atoms with Crippen LogP contribution in [0.15, 0.2) is 78.9 Å². The van der Waals surface area contributed by atoms with E-state index in [1.165, 1.54) is 6.92 Å². The van der Waals surface area contributed by atoms with Gasteiger partial charge in [0, 0.05) is 5.92 Å². The Labute approximate surface area is 270 Å². The van der Waals surface area contributed by atoms with Crippen LogP contribution in [0.4, 0.5) is 4.79 Å². The molecule has 0 radical (unpaired) electrons. The highest BCUT2D eigenvalue weighted by molar-refractivity contribution is 7.98. The maximum absolute atomic E-state index is 13.5. The second-order valence-electron chi connectivity index (χ2n) is 11.9. The average molecular weight is 630 g/mol. The van der Waals surface area contributed by atoms with Crippen LogP contribution in [0, 0.1) is 5.92 Å². The van der Waals surface area contributed by atoms with E-state index in [1.807, 2.05) is 86.8 Å². The monoisotopic (exact) mass is 629 g/mol. The van der Waals surface area contributed by atoms with Crippen molar-refractivity contribution in [1.29, 1.82) is 0 Å². The molecule has 3 amide bonds. The quantitative estimate of drug-likeness (QED) is 0.205. The molecule has 8 nitrogen and oxygen atoms in total. The van der Waals surface area contributed by atoms with Crippen LogP contribution in [0.25, 0.3) is 11.1 Å². The third-order valence-corrected chi connectivity index (χ3v) is 8.64. The van der Waals surface area contributed by atoms with Crippen molar-refractivity contribution in [3.05, 3.63) is 95.6 Å². The van der Waals surface area contributed by atoms with Crippen LogP contribution in [0.3, 0.4) is 0 Å². The lowest BCUT2D eigenvalue weighted by Gasteiger charge is -2.26. The molecular weight excluding hydrogens is 586 g/mol. The first-order valence-electron chi connectivity index (χ1n) is 15.4. The Morgan fingerprint density at radius 2 is 1.31 bits per heavy atom. The number of ketones is 1. The number of rotatable bonds is 15. The van der Waals surface area contributed by atoms with Gasteiger partial charge in [0.05, 0.1) is 6.04 Å². The summed E-state index contributed by atoms with van der Waals surface area (Å²) >= 11 is 1.55. The van der Waals surface area contributed by atoms with Crippen molar-refractivity contribution in [3.8, 4) is 11.1 Å². The summed E-state index contributed by atoms with van der Waals surface area (Å²) < 4.78 is 5.70. The molecule has 9 heteroatoms. The molecule has 238 valence electrons. The molecule has 0 heterocycles. The lowest BCUT2D eigenvalue weighted by atomic mass is 9.98. The molecule has 4 rings (SSSR count). The van der Waals surface area contributed by atoms with Gasteiger partial charge in [0.25, 0.3) is 0 Å². The minimum Gasteiger partial charge on any atom is -0.449 e. The Morgan fingerprint density at radius 1 is 0.756 bits per heavy atom. The highest BCUT2D eigenvalue weighted by Gasteiger charge is 2.32. The Morgan fingerprint density at radius 3 is 1.89 bits per heavy atom. The van der Waals surface area contributed by atoms with E-state index in [0.29, 0.717) is 25.0 Å².